The molecule has 0 atom stereocenters. The molecule has 4 aromatic rings. The van der Waals surface area contributed by atoms with Crippen molar-refractivity contribution in [1.29, 1.82) is 0 Å². The van der Waals surface area contributed by atoms with Gasteiger partial charge in [0.25, 0.3) is 5.91 Å². The van der Waals surface area contributed by atoms with Gasteiger partial charge in [-0.1, -0.05) is 54.1 Å². The second kappa shape index (κ2) is 7.70. The third kappa shape index (κ3) is 3.63. The summed E-state index contributed by atoms with van der Waals surface area (Å²) in [6.45, 7) is 3.50. The highest BCUT2D eigenvalue weighted by atomic mass is 32.1. The highest BCUT2D eigenvalue weighted by Gasteiger charge is 2.16. The maximum absolute atomic E-state index is 12.8. The van der Waals surface area contributed by atoms with Crippen LogP contribution in [0.4, 0.5) is 0 Å². The number of carbonyl (C=O) groups excluding carboxylic acids is 1. The van der Waals surface area contributed by atoms with Crippen LogP contribution in [0.1, 0.15) is 15.9 Å². The van der Waals surface area contributed by atoms with Gasteiger partial charge in [-0.05, 0) is 32.5 Å². The van der Waals surface area contributed by atoms with Gasteiger partial charge in [-0.15, -0.1) is 11.3 Å². The first kappa shape index (κ1) is 18.6. The number of aryl methyl sites for hydroxylation is 1. The van der Waals surface area contributed by atoms with Crippen LogP contribution in [0, 0.1) is 6.92 Å². The molecule has 0 spiro atoms. The molecule has 1 amide bonds. The molecule has 0 bridgehead atoms. The minimum atomic E-state index is -0.0511. The van der Waals surface area contributed by atoms with E-state index in [4.69, 9.17) is 4.98 Å². The fourth-order valence-electron chi connectivity index (χ4n) is 3.25. The van der Waals surface area contributed by atoms with Crippen molar-refractivity contribution >= 4 is 38.2 Å². The summed E-state index contributed by atoms with van der Waals surface area (Å²) in [6.07, 6.45) is 0. The lowest BCUT2D eigenvalue weighted by molar-refractivity contribution is 0.0953. The van der Waals surface area contributed by atoms with Crippen LogP contribution in [-0.2, 0) is 0 Å². The van der Waals surface area contributed by atoms with Crippen molar-refractivity contribution in [3.8, 4) is 10.6 Å². The van der Waals surface area contributed by atoms with Gasteiger partial charge in [0, 0.05) is 29.6 Å². The predicted octanol–water partition coefficient (Wildman–Crippen LogP) is 4.72. The topological polar surface area (TPSA) is 45.2 Å². The van der Waals surface area contributed by atoms with Crippen molar-refractivity contribution in [3.05, 3.63) is 65.7 Å². The smallest absolute Gasteiger partial charge is 0.252 e. The third-order valence-corrected chi connectivity index (χ3v) is 5.94. The van der Waals surface area contributed by atoms with Gasteiger partial charge >= 0.3 is 0 Å². The van der Waals surface area contributed by atoms with E-state index in [2.05, 4.69) is 47.5 Å². The summed E-state index contributed by atoms with van der Waals surface area (Å²) < 4.78 is 1.12. The fourth-order valence-corrected chi connectivity index (χ4v) is 4.34. The monoisotopic (exact) mass is 389 g/mol. The second-order valence-electron chi connectivity index (χ2n) is 7.26. The molecule has 0 aliphatic heterocycles. The lowest BCUT2D eigenvalue weighted by atomic mass is 10.0. The van der Waals surface area contributed by atoms with Crippen molar-refractivity contribution in [2.75, 3.05) is 27.2 Å². The highest BCUT2D eigenvalue weighted by molar-refractivity contribution is 7.22. The number of fused-ring (bicyclic) bond motifs is 3. The summed E-state index contributed by atoms with van der Waals surface area (Å²) in [7, 11) is 3.99. The van der Waals surface area contributed by atoms with Gasteiger partial charge in [-0.3, -0.25) is 4.79 Å². The highest BCUT2D eigenvalue weighted by Crippen LogP contribution is 2.36. The predicted molar refractivity (Wildman–Crippen MR) is 118 cm³/mol. The number of rotatable bonds is 5. The van der Waals surface area contributed by atoms with Crippen molar-refractivity contribution < 1.29 is 4.79 Å². The Morgan fingerprint density at radius 3 is 2.50 bits per heavy atom. The molecule has 142 valence electrons. The Hall–Kier alpha value is -2.76. The first-order valence-corrected chi connectivity index (χ1v) is 10.2. The number of benzene rings is 3. The number of likely N-dealkylation sites (N-methyl/N-ethyl adjacent to an activating group) is 1. The van der Waals surface area contributed by atoms with Crippen LogP contribution in [0.5, 0.6) is 0 Å². The van der Waals surface area contributed by atoms with Gasteiger partial charge in [0.15, 0.2) is 0 Å². The Labute approximate surface area is 168 Å². The van der Waals surface area contributed by atoms with E-state index in [9.17, 15) is 4.79 Å². The first-order chi connectivity index (χ1) is 13.5. The lowest BCUT2D eigenvalue weighted by Gasteiger charge is -2.12. The van der Waals surface area contributed by atoms with Crippen molar-refractivity contribution in [3.63, 3.8) is 0 Å². The van der Waals surface area contributed by atoms with E-state index in [0.717, 1.165) is 38.1 Å². The van der Waals surface area contributed by atoms with E-state index in [1.807, 2.05) is 38.4 Å². The normalized spacial score (nSPS) is 11.4. The van der Waals surface area contributed by atoms with Crippen molar-refractivity contribution in [1.82, 2.24) is 15.2 Å². The SMILES string of the molecule is Cc1ccc(-c2nc3cc(C(=O)NCCN(C)C)c4ccccc4c3s2)cc1. The number of nitrogens with one attached hydrogen (secondary N) is 1. The van der Waals surface area contributed by atoms with Crippen LogP contribution >= 0.6 is 11.3 Å². The van der Waals surface area contributed by atoms with Crippen LogP contribution in [0.3, 0.4) is 0 Å². The fraction of sp³-hybridized carbons (Fsp3) is 0.217. The van der Waals surface area contributed by atoms with E-state index in [0.29, 0.717) is 12.1 Å². The van der Waals surface area contributed by atoms with Crippen molar-refractivity contribution in [2.45, 2.75) is 6.92 Å². The van der Waals surface area contributed by atoms with Crippen LogP contribution in [0.25, 0.3) is 31.6 Å². The molecule has 3 aromatic carbocycles. The quantitative estimate of drug-likeness (QED) is 0.537. The molecule has 0 aliphatic carbocycles. The number of amides is 1. The number of nitrogens with zero attached hydrogens (tertiary/aromatic N) is 2. The van der Waals surface area contributed by atoms with Gasteiger partial charge < -0.3 is 10.2 Å². The standard InChI is InChI=1S/C23H23N3OS/c1-15-8-10-16(11-9-15)23-25-20-14-19(22(27)24-12-13-26(2)3)17-6-4-5-7-18(17)21(20)28-23/h4-11,14H,12-13H2,1-3H3,(H,24,27). The summed E-state index contributed by atoms with van der Waals surface area (Å²) >= 11 is 1.68. The summed E-state index contributed by atoms with van der Waals surface area (Å²) in [5.74, 6) is -0.0511. The molecule has 1 heterocycles. The average molecular weight is 390 g/mol. The maximum atomic E-state index is 12.8. The summed E-state index contributed by atoms with van der Waals surface area (Å²) in [4.78, 5) is 19.7. The summed E-state index contributed by atoms with van der Waals surface area (Å²) in [6, 6.07) is 18.4. The van der Waals surface area contributed by atoms with Crippen molar-refractivity contribution in [2.24, 2.45) is 0 Å². The molecule has 28 heavy (non-hydrogen) atoms. The molecule has 0 saturated heterocycles. The van der Waals surface area contributed by atoms with E-state index in [-0.39, 0.29) is 5.91 Å². The first-order valence-electron chi connectivity index (χ1n) is 9.35. The Bertz CT molecular complexity index is 1150. The van der Waals surface area contributed by atoms with E-state index < -0.39 is 0 Å². The number of carbonyl (C=O) groups is 1. The Morgan fingerprint density at radius 1 is 1.07 bits per heavy atom. The molecule has 4 rings (SSSR count). The zero-order valence-electron chi connectivity index (χ0n) is 16.3. The zero-order valence-corrected chi connectivity index (χ0v) is 17.1. The van der Waals surface area contributed by atoms with Crippen LogP contribution in [0.15, 0.2) is 54.6 Å². The largest absolute Gasteiger partial charge is 0.351 e. The molecular formula is C23H23N3OS. The van der Waals surface area contributed by atoms with E-state index in [1.165, 1.54) is 5.56 Å². The summed E-state index contributed by atoms with van der Waals surface area (Å²) in [5, 5.41) is 6.05. The number of aromatic nitrogens is 1. The van der Waals surface area contributed by atoms with E-state index in [1.54, 1.807) is 11.3 Å². The second-order valence-corrected chi connectivity index (χ2v) is 8.26. The van der Waals surface area contributed by atoms with Gasteiger partial charge in [0.2, 0.25) is 0 Å². The lowest BCUT2D eigenvalue weighted by Crippen LogP contribution is -2.31. The van der Waals surface area contributed by atoms with E-state index >= 15 is 0 Å². The molecule has 5 heteroatoms. The number of thiazole rings is 1. The summed E-state index contributed by atoms with van der Waals surface area (Å²) in [5.41, 5.74) is 3.89. The Kier molecular flexibility index (Phi) is 5.11. The minimum Gasteiger partial charge on any atom is -0.351 e. The molecule has 4 nitrogen and oxygen atoms in total. The molecule has 0 aliphatic rings. The van der Waals surface area contributed by atoms with Crippen LogP contribution in [-0.4, -0.2) is 43.0 Å². The van der Waals surface area contributed by atoms with Gasteiger partial charge in [0.05, 0.1) is 10.2 Å². The molecule has 0 radical (unpaired) electrons. The molecule has 0 unspecified atom stereocenters. The van der Waals surface area contributed by atoms with Gasteiger partial charge in [-0.2, -0.15) is 0 Å². The number of hydrogen-bond acceptors (Lipinski definition) is 4. The Balaban J connectivity index is 1.80. The van der Waals surface area contributed by atoms with Gasteiger partial charge in [0.1, 0.15) is 5.01 Å². The average Bonchev–Trinajstić information content (AvgIpc) is 3.12. The molecule has 1 aromatic heterocycles. The maximum Gasteiger partial charge on any atom is 0.252 e. The van der Waals surface area contributed by atoms with Crippen LogP contribution < -0.4 is 5.32 Å². The van der Waals surface area contributed by atoms with Gasteiger partial charge in [-0.25, -0.2) is 4.98 Å². The molecule has 0 saturated carbocycles. The molecular weight excluding hydrogens is 366 g/mol. The third-order valence-electron chi connectivity index (χ3n) is 4.78. The minimum absolute atomic E-state index is 0.0511. The molecule has 1 N–H and O–H groups in total. The zero-order chi connectivity index (χ0) is 19.7. The Morgan fingerprint density at radius 2 is 1.79 bits per heavy atom. The van der Waals surface area contributed by atoms with Crippen LogP contribution in [0.2, 0.25) is 0 Å². The molecule has 0 fully saturated rings. The number of hydrogen-bond donors (Lipinski definition) is 1.